The van der Waals surface area contributed by atoms with Gasteiger partial charge in [0.2, 0.25) is 0 Å². The van der Waals surface area contributed by atoms with Crippen molar-refractivity contribution < 1.29 is 0 Å². The van der Waals surface area contributed by atoms with Gasteiger partial charge in [-0.3, -0.25) is 0 Å². The Morgan fingerprint density at radius 2 is 1.93 bits per heavy atom. The molecule has 1 aliphatic rings. The highest BCUT2D eigenvalue weighted by atomic mass is 79.9. The van der Waals surface area contributed by atoms with Gasteiger partial charge in [0.05, 0.1) is 0 Å². The number of halogens is 2. The Balaban J connectivity index is 2.13. The summed E-state index contributed by atoms with van der Waals surface area (Å²) in [5.41, 5.74) is 1.36. The van der Waals surface area contributed by atoms with Crippen LogP contribution in [0.2, 0.25) is 5.02 Å². The zero-order valence-corrected chi connectivity index (χ0v) is 11.3. The first-order chi connectivity index (χ1) is 7.18. The highest BCUT2D eigenvalue weighted by molar-refractivity contribution is 9.09. The predicted octanol–water partition coefficient (Wildman–Crippen LogP) is 5.21. The van der Waals surface area contributed by atoms with Gasteiger partial charge >= 0.3 is 0 Å². The van der Waals surface area contributed by atoms with Crippen LogP contribution in [0.5, 0.6) is 0 Å². The summed E-state index contributed by atoms with van der Waals surface area (Å²) >= 11 is 9.72. The molecule has 2 heteroatoms. The van der Waals surface area contributed by atoms with E-state index in [0.717, 1.165) is 16.9 Å². The SMILES string of the molecule is CC1CCCC1C(Br)c1ccc(Cl)cc1. The molecule has 3 atom stereocenters. The van der Waals surface area contributed by atoms with E-state index in [9.17, 15) is 0 Å². The molecule has 0 N–H and O–H groups in total. The molecule has 1 saturated carbocycles. The van der Waals surface area contributed by atoms with Gasteiger partial charge in [-0.15, -0.1) is 0 Å². The molecule has 0 amide bonds. The molecule has 1 fully saturated rings. The van der Waals surface area contributed by atoms with Gasteiger partial charge in [0.1, 0.15) is 0 Å². The van der Waals surface area contributed by atoms with E-state index in [4.69, 9.17) is 11.6 Å². The average molecular weight is 288 g/mol. The number of hydrogen-bond donors (Lipinski definition) is 0. The Bertz CT molecular complexity index is 320. The van der Waals surface area contributed by atoms with Crippen LogP contribution in [-0.4, -0.2) is 0 Å². The minimum atomic E-state index is 0.493. The van der Waals surface area contributed by atoms with Gasteiger partial charge in [-0.2, -0.15) is 0 Å². The second-order valence-electron chi connectivity index (χ2n) is 4.53. The molecule has 0 aliphatic heterocycles. The van der Waals surface area contributed by atoms with E-state index < -0.39 is 0 Å². The molecule has 0 spiro atoms. The molecule has 0 aromatic heterocycles. The van der Waals surface area contributed by atoms with Crippen molar-refractivity contribution in [1.82, 2.24) is 0 Å². The van der Waals surface area contributed by atoms with Crippen molar-refractivity contribution in [2.75, 3.05) is 0 Å². The first kappa shape index (κ1) is 11.5. The molecule has 0 radical (unpaired) electrons. The fourth-order valence-corrected chi connectivity index (χ4v) is 3.72. The van der Waals surface area contributed by atoms with Crippen molar-refractivity contribution in [2.24, 2.45) is 11.8 Å². The largest absolute Gasteiger partial charge is 0.0843 e. The van der Waals surface area contributed by atoms with Gasteiger partial charge in [0.15, 0.2) is 0 Å². The van der Waals surface area contributed by atoms with Gasteiger partial charge in [0, 0.05) is 9.85 Å². The van der Waals surface area contributed by atoms with Gasteiger partial charge in [-0.05, 0) is 36.0 Å². The van der Waals surface area contributed by atoms with Crippen LogP contribution in [0.25, 0.3) is 0 Å². The lowest BCUT2D eigenvalue weighted by atomic mass is 9.91. The average Bonchev–Trinajstić information content (AvgIpc) is 2.65. The second-order valence-corrected chi connectivity index (χ2v) is 5.95. The number of benzene rings is 1. The Morgan fingerprint density at radius 1 is 1.27 bits per heavy atom. The fourth-order valence-electron chi connectivity index (χ4n) is 2.50. The van der Waals surface area contributed by atoms with Crippen molar-refractivity contribution in [3.63, 3.8) is 0 Å². The van der Waals surface area contributed by atoms with Crippen molar-refractivity contribution in [2.45, 2.75) is 31.0 Å². The van der Waals surface area contributed by atoms with Crippen LogP contribution in [0.3, 0.4) is 0 Å². The lowest BCUT2D eigenvalue weighted by Crippen LogP contribution is -2.10. The molecule has 82 valence electrons. The zero-order chi connectivity index (χ0) is 10.8. The lowest BCUT2D eigenvalue weighted by molar-refractivity contribution is 0.414. The van der Waals surface area contributed by atoms with E-state index in [1.54, 1.807) is 0 Å². The molecular weight excluding hydrogens is 272 g/mol. The molecule has 0 bridgehead atoms. The second kappa shape index (κ2) is 4.88. The quantitative estimate of drug-likeness (QED) is 0.655. The number of alkyl halides is 1. The third kappa shape index (κ3) is 2.57. The summed E-state index contributed by atoms with van der Waals surface area (Å²) in [6.45, 7) is 2.36. The molecule has 15 heavy (non-hydrogen) atoms. The standard InChI is InChI=1S/C13H16BrCl/c1-9-3-2-4-12(9)13(14)10-5-7-11(15)8-6-10/h5-9,12-13H,2-4H2,1H3. The summed E-state index contributed by atoms with van der Waals surface area (Å²) in [4.78, 5) is 0.493. The third-order valence-electron chi connectivity index (χ3n) is 3.49. The smallest absolute Gasteiger partial charge is 0.0426 e. The van der Waals surface area contributed by atoms with E-state index in [0.29, 0.717) is 4.83 Å². The molecular formula is C13H16BrCl. The molecule has 0 saturated heterocycles. The van der Waals surface area contributed by atoms with Crippen molar-refractivity contribution in [1.29, 1.82) is 0 Å². The van der Waals surface area contributed by atoms with Gasteiger partial charge in [0.25, 0.3) is 0 Å². The van der Waals surface area contributed by atoms with Crippen LogP contribution < -0.4 is 0 Å². The monoisotopic (exact) mass is 286 g/mol. The highest BCUT2D eigenvalue weighted by Gasteiger charge is 2.30. The highest BCUT2D eigenvalue weighted by Crippen LogP contribution is 2.44. The number of hydrogen-bond acceptors (Lipinski definition) is 0. The maximum Gasteiger partial charge on any atom is 0.0426 e. The Morgan fingerprint density at radius 3 is 2.47 bits per heavy atom. The Kier molecular flexibility index (Phi) is 3.73. The minimum Gasteiger partial charge on any atom is -0.0843 e. The Labute approximate surface area is 105 Å². The summed E-state index contributed by atoms with van der Waals surface area (Å²) in [5.74, 6) is 1.62. The fraction of sp³-hybridized carbons (Fsp3) is 0.538. The first-order valence-electron chi connectivity index (χ1n) is 5.58. The van der Waals surface area contributed by atoms with E-state index >= 15 is 0 Å². The van der Waals surface area contributed by atoms with Crippen LogP contribution in [0.1, 0.15) is 36.6 Å². The van der Waals surface area contributed by atoms with Crippen molar-refractivity contribution in [3.05, 3.63) is 34.9 Å². The molecule has 3 unspecified atom stereocenters. The van der Waals surface area contributed by atoms with Crippen LogP contribution in [0.15, 0.2) is 24.3 Å². The van der Waals surface area contributed by atoms with E-state index in [1.807, 2.05) is 12.1 Å². The molecule has 2 rings (SSSR count). The first-order valence-corrected chi connectivity index (χ1v) is 6.87. The maximum absolute atomic E-state index is 5.89. The van der Waals surface area contributed by atoms with Crippen LogP contribution >= 0.6 is 27.5 Å². The maximum atomic E-state index is 5.89. The predicted molar refractivity (Wildman–Crippen MR) is 69.6 cm³/mol. The van der Waals surface area contributed by atoms with Crippen LogP contribution in [-0.2, 0) is 0 Å². The van der Waals surface area contributed by atoms with Gasteiger partial charge in [-0.1, -0.05) is 59.4 Å². The van der Waals surface area contributed by atoms with E-state index in [2.05, 4.69) is 35.0 Å². The van der Waals surface area contributed by atoms with Crippen molar-refractivity contribution in [3.8, 4) is 0 Å². The van der Waals surface area contributed by atoms with E-state index in [1.165, 1.54) is 24.8 Å². The molecule has 1 aromatic rings. The van der Waals surface area contributed by atoms with Gasteiger partial charge in [-0.25, -0.2) is 0 Å². The normalized spacial score (nSPS) is 27.9. The summed E-state index contributed by atoms with van der Waals surface area (Å²) in [6, 6.07) is 8.22. The molecule has 0 heterocycles. The topological polar surface area (TPSA) is 0 Å². The summed E-state index contributed by atoms with van der Waals surface area (Å²) in [6.07, 6.45) is 4.10. The summed E-state index contributed by atoms with van der Waals surface area (Å²) in [5, 5.41) is 0.818. The summed E-state index contributed by atoms with van der Waals surface area (Å²) in [7, 11) is 0. The molecule has 0 nitrogen and oxygen atoms in total. The zero-order valence-electron chi connectivity index (χ0n) is 8.92. The molecule has 1 aliphatic carbocycles. The number of rotatable bonds is 2. The van der Waals surface area contributed by atoms with E-state index in [-0.39, 0.29) is 0 Å². The summed E-state index contributed by atoms with van der Waals surface area (Å²) < 4.78 is 0. The molecule has 1 aromatic carbocycles. The lowest BCUT2D eigenvalue weighted by Gasteiger charge is -2.22. The van der Waals surface area contributed by atoms with Crippen LogP contribution in [0, 0.1) is 11.8 Å². The van der Waals surface area contributed by atoms with Crippen molar-refractivity contribution >= 4 is 27.5 Å². The Hall–Kier alpha value is -0.0100. The van der Waals surface area contributed by atoms with Crippen LogP contribution in [0.4, 0.5) is 0 Å². The van der Waals surface area contributed by atoms with Gasteiger partial charge < -0.3 is 0 Å². The third-order valence-corrected chi connectivity index (χ3v) is 4.95. The minimum absolute atomic E-state index is 0.493.